The first-order chi connectivity index (χ1) is 9.01. The molecule has 0 amide bonds. The highest BCUT2D eigenvalue weighted by Gasteiger charge is 2.16. The molecule has 104 valence electrons. The summed E-state index contributed by atoms with van der Waals surface area (Å²) in [5.41, 5.74) is 0.991. The molecule has 0 radical (unpaired) electrons. The van der Waals surface area contributed by atoms with Gasteiger partial charge in [-0.05, 0) is 25.0 Å². The van der Waals surface area contributed by atoms with Crippen LogP contribution in [0.15, 0.2) is 16.5 Å². The van der Waals surface area contributed by atoms with E-state index >= 15 is 0 Å². The van der Waals surface area contributed by atoms with Gasteiger partial charge in [0.05, 0.1) is 23.7 Å². The van der Waals surface area contributed by atoms with E-state index in [4.69, 9.17) is 4.42 Å². The van der Waals surface area contributed by atoms with E-state index in [-0.39, 0.29) is 6.61 Å². The second-order valence-electron chi connectivity index (χ2n) is 4.99. The molecule has 4 nitrogen and oxygen atoms in total. The number of aliphatic hydroxyl groups is 1. The molecule has 0 atom stereocenters. The van der Waals surface area contributed by atoms with Gasteiger partial charge in [0.1, 0.15) is 11.5 Å². The van der Waals surface area contributed by atoms with Crippen LogP contribution in [0.2, 0.25) is 0 Å². The number of hydrogen-bond donors (Lipinski definition) is 1. The molecule has 0 aliphatic rings. The van der Waals surface area contributed by atoms with Crippen LogP contribution < -0.4 is 4.90 Å². The van der Waals surface area contributed by atoms with Crippen LogP contribution in [0, 0.1) is 6.92 Å². The predicted molar refractivity (Wildman–Crippen MR) is 77.7 cm³/mol. The lowest BCUT2D eigenvalue weighted by Crippen LogP contribution is -2.15. The zero-order valence-electron chi connectivity index (χ0n) is 11.8. The van der Waals surface area contributed by atoms with Gasteiger partial charge in [-0.3, -0.25) is 0 Å². The van der Waals surface area contributed by atoms with Crippen molar-refractivity contribution in [3.63, 3.8) is 0 Å². The first kappa shape index (κ1) is 14.1. The van der Waals surface area contributed by atoms with Gasteiger partial charge < -0.3 is 14.4 Å². The van der Waals surface area contributed by atoms with Crippen molar-refractivity contribution in [1.82, 2.24) is 4.98 Å². The number of aromatic nitrogens is 1. The molecular weight excluding hydrogens is 260 g/mol. The summed E-state index contributed by atoms with van der Waals surface area (Å²) in [6.45, 7) is 6.86. The van der Waals surface area contributed by atoms with E-state index in [1.165, 1.54) is 0 Å². The Balaban J connectivity index is 2.17. The van der Waals surface area contributed by atoms with Crippen LogP contribution in [-0.2, 0) is 13.2 Å². The van der Waals surface area contributed by atoms with Crippen molar-refractivity contribution in [2.75, 3.05) is 11.9 Å². The van der Waals surface area contributed by atoms with Crippen molar-refractivity contribution >= 4 is 16.5 Å². The standard InChI is InChI=1S/C14H20N2O2S/c1-9(2)13-12(8-17)19-14(15-13)16(4)7-11-6-5-10(3)18-11/h5-6,9,17H,7-8H2,1-4H3. The molecule has 0 aliphatic carbocycles. The normalized spacial score (nSPS) is 11.3. The van der Waals surface area contributed by atoms with E-state index in [0.29, 0.717) is 12.5 Å². The molecule has 1 N–H and O–H groups in total. The van der Waals surface area contributed by atoms with Gasteiger partial charge in [-0.15, -0.1) is 0 Å². The average Bonchev–Trinajstić information content (AvgIpc) is 2.95. The Kier molecular flexibility index (Phi) is 4.27. The number of furan rings is 1. The van der Waals surface area contributed by atoms with Crippen molar-refractivity contribution in [2.45, 2.75) is 39.8 Å². The Morgan fingerprint density at radius 1 is 1.42 bits per heavy atom. The van der Waals surface area contributed by atoms with Crippen LogP contribution in [0.3, 0.4) is 0 Å². The summed E-state index contributed by atoms with van der Waals surface area (Å²) in [6.07, 6.45) is 0. The molecule has 0 fully saturated rings. The smallest absolute Gasteiger partial charge is 0.186 e. The van der Waals surface area contributed by atoms with Gasteiger partial charge in [-0.25, -0.2) is 4.98 Å². The molecule has 0 aromatic carbocycles. The minimum Gasteiger partial charge on any atom is -0.464 e. The average molecular weight is 280 g/mol. The number of aryl methyl sites for hydroxylation is 1. The maximum atomic E-state index is 9.39. The Hall–Kier alpha value is -1.33. The molecule has 0 bridgehead atoms. The number of rotatable bonds is 5. The Labute approximate surface area is 117 Å². The second-order valence-corrected chi connectivity index (χ2v) is 6.05. The Morgan fingerprint density at radius 2 is 2.16 bits per heavy atom. The summed E-state index contributed by atoms with van der Waals surface area (Å²) < 4.78 is 5.57. The van der Waals surface area contributed by atoms with Gasteiger partial charge in [0.15, 0.2) is 5.13 Å². The first-order valence-electron chi connectivity index (χ1n) is 6.38. The zero-order chi connectivity index (χ0) is 14.0. The summed E-state index contributed by atoms with van der Waals surface area (Å²) in [5.74, 6) is 2.17. The largest absolute Gasteiger partial charge is 0.464 e. The van der Waals surface area contributed by atoms with Gasteiger partial charge in [0.25, 0.3) is 0 Å². The summed E-state index contributed by atoms with van der Waals surface area (Å²) in [5, 5.41) is 10.3. The van der Waals surface area contributed by atoms with Gasteiger partial charge in [-0.2, -0.15) is 0 Å². The van der Waals surface area contributed by atoms with Crippen LogP contribution >= 0.6 is 11.3 Å². The summed E-state index contributed by atoms with van der Waals surface area (Å²) in [6, 6.07) is 3.94. The highest BCUT2D eigenvalue weighted by atomic mass is 32.1. The topological polar surface area (TPSA) is 49.5 Å². The zero-order valence-corrected chi connectivity index (χ0v) is 12.6. The molecule has 0 spiro atoms. The molecular formula is C14H20N2O2S. The van der Waals surface area contributed by atoms with Crippen LogP contribution in [-0.4, -0.2) is 17.1 Å². The fourth-order valence-corrected chi connectivity index (χ4v) is 2.99. The number of hydrogen-bond acceptors (Lipinski definition) is 5. The molecule has 0 unspecified atom stereocenters. The number of anilines is 1. The van der Waals surface area contributed by atoms with Gasteiger partial charge in [0.2, 0.25) is 0 Å². The minimum atomic E-state index is 0.0544. The van der Waals surface area contributed by atoms with Gasteiger partial charge in [-0.1, -0.05) is 25.2 Å². The highest BCUT2D eigenvalue weighted by molar-refractivity contribution is 7.15. The lowest BCUT2D eigenvalue weighted by Gasteiger charge is -2.13. The van der Waals surface area contributed by atoms with Crippen LogP contribution in [0.25, 0.3) is 0 Å². The number of nitrogens with zero attached hydrogens (tertiary/aromatic N) is 2. The van der Waals surface area contributed by atoms with E-state index in [2.05, 4.69) is 18.8 Å². The monoisotopic (exact) mass is 280 g/mol. The van der Waals surface area contributed by atoms with Crippen molar-refractivity contribution in [2.24, 2.45) is 0 Å². The number of aliphatic hydroxyl groups excluding tert-OH is 1. The highest BCUT2D eigenvalue weighted by Crippen LogP contribution is 2.31. The second kappa shape index (κ2) is 5.75. The van der Waals surface area contributed by atoms with Crippen LogP contribution in [0.1, 0.15) is 41.9 Å². The maximum absolute atomic E-state index is 9.39. The van der Waals surface area contributed by atoms with Crippen molar-refractivity contribution in [3.05, 3.63) is 34.2 Å². The first-order valence-corrected chi connectivity index (χ1v) is 7.19. The van der Waals surface area contributed by atoms with E-state index < -0.39 is 0 Å². The summed E-state index contributed by atoms with van der Waals surface area (Å²) in [7, 11) is 1.99. The van der Waals surface area contributed by atoms with Crippen LogP contribution in [0.4, 0.5) is 5.13 Å². The Morgan fingerprint density at radius 3 is 2.63 bits per heavy atom. The molecule has 2 aromatic heterocycles. The minimum absolute atomic E-state index is 0.0544. The molecule has 5 heteroatoms. The van der Waals surface area contributed by atoms with Crippen molar-refractivity contribution in [1.29, 1.82) is 0 Å². The van der Waals surface area contributed by atoms with E-state index in [1.807, 2.05) is 31.0 Å². The van der Waals surface area contributed by atoms with Gasteiger partial charge >= 0.3 is 0 Å². The summed E-state index contributed by atoms with van der Waals surface area (Å²) in [4.78, 5) is 7.63. The van der Waals surface area contributed by atoms with Gasteiger partial charge in [0, 0.05) is 7.05 Å². The molecule has 2 heterocycles. The third-order valence-corrected chi connectivity index (χ3v) is 4.09. The SMILES string of the molecule is Cc1ccc(CN(C)c2nc(C(C)C)c(CO)s2)o1. The predicted octanol–water partition coefficient (Wildman–Crippen LogP) is 3.30. The molecule has 0 saturated carbocycles. The molecule has 0 aliphatic heterocycles. The van der Waals surface area contributed by atoms with E-state index in [9.17, 15) is 5.11 Å². The fourth-order valence-electron chi connectivity index (χ4n) is 1.95. The number of thiazole rings is 1. The maximum Gasteiger partial charge on any atom is 0.186 e. The fraction of sp³-hybridized carbons (Fsp3) is 0.500. The third kappa shape index (κ3) is 3.16. The summed E-state index contributed by atoms with van der Waals surface area (Å²) >= 11 is 1.55. The lowest BCUT2D eigenvalue weighted by molar-refractivity contribution is 0.283. The Bertz CT molecular complexity index is 545. The molecule has 0 saturated heterocycles. The van der Waals surface area contributed by atoms with E-state index in [1.54, 1.807) is 11.3 Å². The van der Waals surface area contributed by atoms with Crippen LogP contribution in [0.5, 0.6) is 0 Å². The molecule has 19 heavy (non-hydrogen) atoms. The molecule has 2 aromatic rings. The van der Waals surface area contributed by atoms with Crippen molar-refractivity contribution in [3.8, 4) is 0 Å². The quantitative estimate of drug-likeness (QED) is 0.913. The van der Waals surface area contributed by atoms with E-state index in [0.717, 1.165) is 27.2 Å². The van der Waals surface area contributed by atoms with Crippen molar-refractivity contribution < 1.29 is 9.52 Å². The molecule has 2 rings (SSSR count). The lowest BCUT2D eigenvalue weighted by atomic mass is 10.1. The third-order valence-electron chi connectivity index (χ3n) is 2.92.